The van der Waals surface area contributed by atoms with Crippen molar-refractivity contribution in [2.45, 2.75) is 25.3 Å². The Morgan fingerprint density at radius 3 is 3.12 bits per heavy atom. The van der Waals surface area contributed by atoms with E-state index in [9.17, 15) is 4.79 Å². The van der Waals surface area contributed by atoms with E-state index in [1.807, 2.05) is 31.2 Å². The van der Waals surface area contributed by atoms with Gasteiger partial charge in [-0.2, -0.15) is 0 Å². The van der Waals surface area contributed by atoms with Gasteiger partial charge in [-0.25, -0.2) is 0 Å². The van der Waals surface area contributed by atoms with Gasteiger partial charge < -0.3 is 15.8 Å². The van der Waals surface area contributed by atoms with Crippen molar-refractivity contribution < 1.29 is 9.53 Å². The number of fused-ring (bicyclic) bond motifs is 1. The van der Waals surface area contributed by atoms with Crippen LogP contribution in [0.2, 0.25) is 0 Å². The molecular weight excluding hydrogens is 216 g/mol. The summed E-state index contributed by atoms with van der Waals surface area (Å²) >= 11 is 0. The van der Waals surface area contributed by atoms with Crippen LogP contribution in [0.15, 0.2) is 24.3 Å². The first kappa shape index (κ1) is 11.9. The maximum absolute atomic E-state index is 12.0. The van der Waals surface area contributed by atoms with E-state index in [2.05, 4.69) is 5.32 Å². The molecule has 1 heterocycles. The van der Waals surface area contributed by atoms with Gasteiger partial charge in [0, 0.05) is 18.2 Å². The number of benzene rings is 1. The monoisotopic (exact) mass is 234 g/mol. The number of nitrogens with two attached hydrogens (primary N) is 1. The van der Waals surface area contributed by atoms with Gasteiger partial charge in [-0.05, 0) is 12.5 Å². The number of hydrogen-bond acceptors (Lipinski definition) is 3. The molecule has 1 aliphatic heterocycles. The topological polar surface area (TPSA) is 64.3 Å². The summed E-state index contributed by atoms with van der Waals surface area (Å²) in [4.78, 5) is 12.0. The summed E-state index contributed by atoms with van der Waals surface area (Å²) in [5, 5.41) is 2.87. The summed E-state index contributed by atoms with van der Waals surface area (Å²) in [6.07, 6.45) is 0.859. The number of amides is 1. The van der Waals surface area contributed by atoms with Gasteiger partial charge in [-0.3, -0.25) is 4.79 Å². The van der Waals surface area contributed by atoms with Gasteiger partial charge in [0.2, 0.25) is 5.91 Å². The van der Waals surface area contributed by atoms with Crippen molar-refractivity contribution in [1.29, 1.82) is 0 Å². The summed E-state index contributed by atoms with van der Waals surface area (Å²) in [7, 11) is 0. The number of ether oxygens (including phenoxy) is 1. The molecule has 1 aromatic rings. The Labute approximate surface area is 101 Å². The fraction of sp³-hybridized carbons (Fsp3) is 0.462. The van der Waals surface area contributed by atoms with Crippen LogP contribution in [0.5, 0.6) is 5.75 Å². The highest BCUT2D eigenvalue weighted by molar-refractivity contribution is 5.85. The molecule has 2 rings (SSSR count). The molecule has 1 aromatic carbocycles. The second-order valence-corrected chi connectivity index (χ2v) is 4.31. The van der Waals surface area contributed by atoms with E-state index in [0.29, 0.717) is 13.2 Å². The molecule has 0 radical (unpaired) electrons. The first-order chi connectivity index (χ1) is 8.22. The number of nitrogens with one attached hydrogen (secondary N) is 1. The highest BCUT2D eigenvalue weighted by atomic mass is 16.5. The molecule has 0 saturated carbocycles. The van der Waals surface area contributed by atoms with Crippen molar-refractivity contribution >= 4 is 5.91 Å². The first-order valence-corrected chi connectivity index (χ1v) is 5.97. The third-order valence-electron chi connectivity index (χ3n) is 3.08. The predicted molar refractivity (Wildman–Crippen MR) is 66.0 cm³/mol. The molecule has 17 heavy (non-hydrogen) atoms. The van der Waals surface area contributed by atoms with Crippen LogP contribution < -0.4 is 15.8 Å². The maximum Gasteiger partial charge on any atom is 0.231 e. The number of carbonyl (C=O) groups excluding carboxylic acids is 1. The standard InChI is InChI=1S/C13H18N2O2/c1-2-9(14)7-15-13(16)11-8-17-12-6-4-3-5-10(11)12/h3-6,9,11H,2,7-8,14H2,1H3,(H,15,16). The highest BCUT2D eigenvalue weighted by Gasteiger charge is 2.29. The zero-order valence-corrected chi connectivity index (χ0v) is 9.98. The van der Waals surface area contributed by atoms with Crippen LogP contribution in [-0.4, -0.2) is 25.1 Å². The lowest BCUT2D eigenvalue weighted by Crippen LogP contribution is -2.39. The van der Waals surface area contributed by atoms with Gasteiger partial charge in [0.15, 0.2) is 0 Å². The minimum Gasteiger partial charge on any atom is -0.492 e. The number of rotatable bonds is 4. The molecule has 0 aromatic heterocycles. The third kappa shape index (κ3) is 2.58. The van der Waals surface area contributed by atoms with Crippen molar-refractivity contribution in [2.75, 3.05) is 13.2 Å². The lowest BCUT2D eigenvalue weighted by atomic mass is 10.0. The zero-order valence-electron chi connectivity index (χ0n) is 9.98. The van der Waals surface area contributed by atoms with Crippen molar-refractivity contribution in [3.8, 4) is 5.75 Å². The van der Waals surface area contributed by atoms with E-state index in [1.165, 1.54) is 0 Å². The molecule has 1 aliphatic rings. The van der Waals surface area contributed by atoms with Gasteiger partial charge in [0.05, 0.1) is 0 Å². The van der Waals surface area contributed by atoms with E-state index in [-0.39, 0.29) is 17.9 Å². The summed E-state index contributed by atoms with van der Waals surface area (Å²) in [6.45, 7) is 2.95. The average Bonchev–Trinajstić information content (AvgIpc) is 2.79. The van der Waals surface area contributed by atoms with E-state index in [0.717, 1.165) is 17.7 Å². The molecule has 1 amide bonds. The molecule has 0 bridgehead atoms. The lowest BCUT2D eigenvalue weighted by Gasteiger charge is -2.13. The Bertz CT molecular complexity index is 406. The summed E-state index contributed by atoms with van der Waals surface area (Å²) in [5.74, 6) is 0.613. The van der Waals surface area contributed by atoms with E-state index in [1.54, 1.807) is 0 Å². The van der Waals surface area contributed by atoms with Gasteiger partial charge in [-0.1, -0.05) is 25.1 Å². The molecule has 92 valence electrons. The Morgan fingerprint density at radius 1 is 1.59 bits per heavy atom. The van der Waals surface area contributed by atoms with Crippen LogP contribution in [0.4, 0.5) is 0 Å². The summed E-state index contributed by atoms with van der Waals surface area (Å²) in [5.41, 5.74) is 6.74. The predicted octanol–water partition coefficient (Wildman–Crippen LogP) is 1.02. The minimum absolute atomic E-state index is 0.00106. The van der Waals surface area contributed by atoms with E-state index < -0.39 is 0 Å². The Kier molecular flexibility index (Phi) is 3.64. The molecule has 2 unspecified atom stereocenters. The normalized spacial score (nSPS) is 19.3. The van der Waals surface area contributed by atoms with Gasteiger partial charge in [0.25, 0.3) is 0 Å². The van der Waals surface area contributed by atoms with Crippen LogP contribution in [0.25, 0.3) is 0 Å². The van der Waals surface area contributed by atoms with E-state index >= 15 is 0 Å². The van der Waals surface area contributed by atoms with E-state index in [4.69, 9.17) is 10.5 Å². The summed E-state index contributed by atoms with van der Waals surface area (Å²) in [6, 6.07) is 7.68. The van der Waals surface area contributed by atoms with Crippen LogP contribution in [-0.2, 0) is 4.79 Å². The molecular formula is C13H18N2O2. The number of hydrogen-bond donors (Lipinski definition) is 2. The smallest absolute Gasteiger partial charge is 0.231 e. The number of carbonyl (C=O) groups is 1. The minimum atomic E-state index is -0.199. The van der Waals surface area contributed by atoms with Crippen LogP contribution in [0.1, 0.15) is 24.8 Å². The molecule has 0 saturated heterocycles. The number of para-hydroxylation sites is 1. The fourth-order valence-electron chi connectivity index (χ4n) is 1.88. The van der Waals surface area contributed by atoms with Crippen LogP contribution >= 0.6 is 0 Å². The Balaban J connectivity index is 1.98. The van der Waals surface area contributed by atoms with Crippen molar-refractivity contribution in [1.82, 2.24) is 5.32 Å². The fourth-order valence-corrected chi connectivity index (χ4v) is 1.88. The Morgan fingerprint density at radius 2 is 2.35 bits per heavy atom. The molecule has 3 N–H and O–H groups in total. The first-order valence-electron chi connectivity index (χ1n) is 5.97. The molecule has 0 aliphatic carbocycles. The molecule has 4 nitrogen and oxygen atoms in total. The molecule has 4 heteroatoms. The van der Waals surface area contributed by atoms with Crippen molar-refractivity contribution in [3.63, 3.8) is 0 Å². The second kappa shape index (κ2) is 5.19. The largest absolute Gasteiger partial charge is 0.492 e. The lowest BCUT2D eigenvalue weighted by molar-refractivity contribution is -0.122. The van der Waals surface area contributed by atoms with Gasteiger partial charge in [0.1, 0.15) is 18.3 Å². The van der Waals surface area contributed by atoms with Gasteiger partial charge in [-0.15, -0.1) is 0 Å². The SMILES string of the molecule is CCC(N)CNC(=O)C1COc2ccccc21. The second-order valence-electron chi connectivity index (χ2n) is 4.31. The van der Waals surface area contributed by atoms with Gasteiger partial charge >= 0.3 is 0 Å². The van der Waals surface area contributed by atoms with Crippen molar-refractivity contribution in [2.24, 2.45) is 5.73 Å². The molecule has 2 atom stereocenters. The summed E-state index contributed by atoms with van der Waals surface area (Å²) < 4.78 is 5.47. The maximum atomic E-state index is 12.0. The molecule has 0 spiro atoms. The third-order valence-corrected chi connectivity index (χ3v) is 3.08. The molecule has 0 fully saturated rings. The zero-order chi connectivity index (χ0) is 12.3. The van der Waals surface area contributed by atoms with Crippen LogP contribution in [0, 0.1) is 0 Å². The average molecular weight is 234 g/mol. The highest BCUT2D eigenvalue weighted by Crippen LogP contribution is 2.33. The quantitative estimate of drug-likeness (QED) is 0.817. The van der Waals surface area contributed by atoms with Crippen molar-refractivity contribution in [3.05, 3.63) is 29.8 Å². The Hall–Kier alpha value is -1.55. The van der Waals surface area contributed by atoms with Crippen LogP contribution in [0.3, 0.4) is 0 Å².